The molecule has 0 bridgehead atoms. The molecule has 1 aromatic rings. The fourth-order valence-electron chi connectivity index (χ4n) is 0.922. The molecule has 1 rings (SSSR count). The molecule has 16 heavy (non-hydrogen) atoms. The van der Waals surface area contributed by atoms with Crippen molar-refractivity contribution in [1.29, 1.82) is 0 Å². The van der Waals surface area contributed by atoms with E-state index in [9.17, 15) is 14.9 Å². The van der Waals surface area contributed by atoms with Gasteiger partial charge in [-0.05, 0) is 12.1 Å². The number of hydrogen-bond acceptors (Lipinski definition) is 5. The molecule has 0 aliphatic carbocycles. The molecule has 0 unspecified atom stereocenters. The first-order valence-corrected chi connectivity index (χ1v) is 4.15. The van der Waals surface area contributed by atoms with Crippen molar-refractivity contribution in [2.24, 2.45) is 11.7 Å². The summed E-state index contributed by atoms with van der Waals surface area (Å²) in [6.45, 7) is 3.25. The van der Waals surface area contributed by atoms with Gasteiger partial charge in [0.15, 0.2) is 0 Å². The molecule has 0 saturated carbocycles. The highest BCUT2D eigenvalue weighted by atomic mass is 16.6. The average Bonchev–Trinajstić information content (AvgIpc) is 2.32. The number of anilines is 1. The zero-order chi connectivity index (χ0) is 12.6. The van der Waals surface area contributed by atoms with Gasteiger partial charge in [0.25, 0.3) is 5.69 Å². The Balaban J connectivity index is 0.00000106. The smallest absolute Gasteiger partial charge is 0.292 e. The first-order valence-electron chi connectivity index (χ1n) is 4.15. The van der Waals surface area contributed by atoms with Gasteiger partial charge in [0.1, 0.15) is 5.69 Å². The molecule has 0 atom stereocenters. The van der Waals surface area contributed by atoms with Crippen molar-refractivity contribution in [3.05, 3.63) is 47.0 Å². The normalized spacial score (nSPS) is 8.38. The topological polar surface area (TPSA) is 124 Å². The highest BCUT2D eigenvalue weighted by Gasteiger charge is 2.12. The van der Waals surface area contributed by atoms with E-state index in [0.717, 1.165) is 6.08 Å². The fourth-order valence-corrected chi connectivity index (χ4v) is 0.922. The molecule has 5 N–H and O–H groups in total. The number of para-hydroxylation sites is 2. The number of nitrogens with one attached hydrogen (secondary N) is 1. The Morgan fingerprint density at radius 3 is 2.50 bits per heavy atom. The summed E-state index contributed by atoms with van der Waals surface area (Å²) in [7, 11) is 0. The maximum absolute atomic E-state index is 10.9. The number of carbonyl (C=O) groups is 1. The minimum Gasteiger partial charge on any atom is -0.317 e. The minimum atomic E-state index is -0.557. The summed E-state index contributed by atoms with van der Waals surface area (Å²) in [5.41, 5.74) is 0.0325. The number of rotatable bonds is 3. The van der Waals surface area contributed by atoms with Crippen molar-refractivity contribution in [2.75, 3.05) is 5.32 Å². The zero-order valence-electron chi connectivity index (χ0n) is 8.42. The summed E-state index contributed by atoms with van der Waals surface area (Å²) in [6, 6.07) is 5.91. The Hall–Kier alpha value is -2.25. The molecule has 0 aliphatic heterocycles. The second kappa shape index (κ2) is 7.10. The van der Waals surface area contributed by atoms with Crippen LogP contribution in [0.15, 0.2) is 36.9 Å². The van der Waals surface area contributed by atoms with E-state index in [1.165, 1.54) is 18.2 Å². The molecular formula is C9H12N4O3. The predicted octanol–water partition coefficient (Wildman–Crippen LogP) is 0.538. The standard InChI is InChI=1S/C9H8N2O3.H4N2/c1-2-9(12)10-7-5-3-4-6-8(7)11(13)14;1-2/h2-6H,1H2,(H,10,12);1-2H2. The first kappa shape index (κ1) is 13.8. The molecule has 0 saturated heterocycles. The van der Waals surface area contributed by atoms with E-state index in [4.69, 9.17) is 0 Å². The molecule has 0 aromatic heterocycles. The third-order valence-electron chi connectivity index (χ3n) is 1.54. The molecule has 0 fully saturated rings. The maximum atomic E-state index is 10.9. The van der Waals surface area contributed by atoms with E-state index in [2.05, 4.69) is 23.6 Å². The Bertz CT molecular complexity index is 392. The summed E-state index contributed by atoms with van der Waals surface area (Å²) in [4.78, 5) is 20.9. The van der Waals surface area contributed by atoms with E-state index < -0.39 is 10.8 Å². The van der Waals surface area contributed by atoms with Crippen LogP contribution in [0.25, 0.3) is 0 Å². The maximum Gasteiger partial charge on any atom is 0.292 e. The third kappa shape index (κ3) is 3.86. The van der Waals surface area contributed by atoms with E-state index in [0.29, 0.717) is 0 Å². The van der Waals surface area contributed by atoms with Gasteiger partial charge in [0, 0.05) is 6.07 Å². The van der Waals surface area contributed by atoms with Crippen LogP contribution in [-0.2, 0) is 4.79 Å². The molecule has 86 valence electrons. The number of hydrogen-bond donors (Lipinski definition) is 3. The lowest BCUT2D eigenvalue weighted by atomic mass is 10.2. The van der Waals surface area contributed by atoms with E-state index in [1.54, 1.807) is 6.07 Å². The highest BCUT2D eigenvalue weighted by molar-refractivity contribution is 6.00. The molecule has 1 aromatic carbocycles. The third-order valence-corrected chi connectivity index (χ3v) is 1.54. The summed E-state index contributed by atoms with van der Waals surface area (Å²) >= 11 is 0. The molecule has 7 heteroatoms. The van der Waals surface area contributed by atoms with Gasteiger partial charge in [-0.1, -0.05) is 18.7 Å². The molecule has 0 radical (unpaired) electrons. The van der Waals surface area contributed by atoms with Crippen molar-refractivity contribution in [2.45, 2.75) is 0 Å². The summed E-state index contributed by atoms with van der Waals surface area (Å²) in [6.07, 6.45) is 1.05. The number of nitro groups is 1. The van der Waals surface area contributed by atoms with Gasteiger partial charge in [0.05, 0.1) is 4.92 Å². The van der Waals surface area contributed by atoms with Crippen LogP contribution in [0.4, 0.5) is 11.4 Å². The number of benzene rings is 1. The van der Waals surface area contributed by atoms with Gasteiger partial charge in [0.2, 0.25) is 5.91 Å². The van der Waals surface area contributed by atoms with Crippen molar-refractivity contribution in [3.63, 3.8) is 0 Å². The van der Waals surface area contributed by atoms with E-state index in [-0.39, 0.29) is 11.4 Å². The van der Waals surface area contributed by atoms with Crippen LogP contribution in [0.5, 0.6) is 0 Å². The monoisotopic (exact) mass is 224 g/mol. The van der Waals surface area contributed by atoms with Gasteiger partial charge in [-0.15, -0.1) is 0 Å². The van der Waals surface area contributed by atoms with Crippen molar-refractivity contribution < 1.29 is 9.72 Å². The van der Waals surface area contributed by atoms with Crippen LogP contribution >= 0.6 is 0 Å². The van der Waals surface area contributed by atoms with Crippen LogP contribution < -0.4 is 17.0 Å². The fraction of sp³-hybridized carbons (Fsp3) is 0. The number of amides is 1. The highest BCUT2D eigenvalue weighted by Crippen LogP contribution is 2.22. The van der Waals surface area contributed by atoms with Crippen LogP contribution in [-0.4, -0.2) is 10.8 Å². The Morgan fingerprint density at radius 2 is 2.00 bits per heavy atom. The van der Waals surface area contributed by atoms with Gasteiger partial charge >= 0.3 is 0 Å². The molecule has 0 spiro atoms. The number of nitrogens with two attached hydrogens (primary N) is 2. The quantitative estimate of drug-likeness (QED) is 0.299. The van der Waals surface area contributed by atoms with Crippen LogP contribution in [0, 0.1) is 10.1 Å². The lowest BCUT2D eigenvalue weighted by Gasteiger charge is -2.01. The van der Waals surface area contributed by atoms with Gasteiger partial charge in [-0.2, -0.15) is 0 Å². The Morgan fingerprint density at radius 1 is 1.44 bits per heavy atom. The summed E-state index contributed by atoms with van der Waals surface area (Å²) in [5.74, 6) is 7.53. The lowest BCUT2D eigenvalue weighted by Crippen LogP contribution is -2.08. The largest absolute Gasteiger partial charge is 0.317 e. The SMILES string of the molecule is C=CC(=O)Nc1ccccc1[N+](=O)[O-].NN. The lowest BCUT2D eigenvalue weighted by molar-refractivity contribution is -0.383. The van der Waals surface area contributed by atoms with Crippen LogP contribution in [0.1, 0.15) is 0 Å². The molecule has 7 nitrogen and oxygen atoms in total. The molecule has 0 aliphatic rings. The average molecular weight is 224 g/mol. The number of nitrogens with zero attached hydrogens (tertiary/aromatic N) is 1. The molecule has 1 amide bonds. The Kier molecular flexibility index (Phi) is 6.10. The second-order valence-corrected chi connectivity index (χ2v) is 2.47. The van der Waals surface area contributed by atoms with E-state index in [1.807, 2.05) is 0 Å². The first-order chi connectivity index (χ1) is 7.65. The Labute approximate surface area is 91.9 Å². The van der Waals surface area contributed by atoms with Gasteiger partial charge in [-0.3, -0.25) is 26.6 Å². The van der Waals surface area contributed by atoms with Crippen molar-refractivity contribution in [1.82, 2.24) is 0 Å². The van der Waals surface area contributed by atoms with Crippen LogP contribution in [0.3, 0.4) is 0 Å². The predicted molar refractivity (Wildman–Crippen MR) is 60.3 cm³/mol. The van der Waals surface area contributed by atoms with Crippen LogP contribution in [0.2, 0.25) is 0 Å². The van der Waals surface area contributed by atoms with Gasteiger partial charge < -0.3 is 5.32 Å². The molecular weight excluding hydrogens is 212 g/mol. The zero-order valence-corrected chi connectivity index (χ0v) is 8.42. The number of hydrazine groups is 1. The summed E-state index contributed by atoms with van der Waals surface area (Å²) < 4.78 is 0. The minimum absolute atomic E-state index is 0.136. The number of nitro benzene ring substituents is 1. The van der Waals surface area contributed by atoms with Crippen molar-refractivity contribution in [3.8, 4) is 0 Å². The number of carbonyl (C=O) groups excluding carboxylic acids is 1. The molecule has 0 heterocycles. The van der Waals surface area contributed by atoms with E-state index >= 15 is 0 Å². The second-order valence-electron chi connectivity index (χ2n) is 2.47. The summed E-state index contributed by atoms with van der Waals surface area (Å²) in [5, 5.41) is 12.9. The van der Waals surface area contributed by atoms with Gasteiger partial charge in [-0.25, -0.2) is 0 Å². The van der Waals surface area contributed by atoms with Crippen molar-refractivity contribution >= 4 is 17.3 Å².